The number of rotatable bonds is 2. The molecule has 2 heteroatoms. The van der Waals surface area contributed by atoms with Crippen LogP contribution >= 0.6 is 0 Å². The summed E-state index contributed by atoms with van der Waals surface area (Å²) in [6.45, 7) is 4.98. The van der Waals surface area contributed by atoms with Gasteiger partial charge in [0.05, 0.1) is 0 Å². The van der Waals surface area contributed by atoms with Crippen molar-refractivity contribution in [2.75, 3.05) is 6.54 Å². The molecule has 1 N–H and O–H groups in total. The molecule has 0 aliphatic carbocycles. The molecule has 0 saturated carbocycles. The molecule has 0 saturated heterocycles. The number of carbonyl (C=O) groups excluding carboxylic acids is 1. The molecule has 16 heavy (non-hydrogen) atoms. The second-order valence-corrected chi connectivity index (χ2v) is 4.37. The van der Waals surface area contributed by atoms with E-state index in [0.717, 1.165) is 41.6 Å². The van der Waals surface area contributed by atoms with Crippen LogP contribution in [0.5, 0.6) is 0 Å². The molecule has 1 aliphatic heterocycles. The summed E-state index contributed by atoms with van der Waals surface area (Å²) in [5.74, 6) is 0.174. The zero-order valence-corrected chi connectivity index (χ0v) is 9.84. The summed E-state index contributed by atoms with van der Waals surface area (Å²) in [5, 5.41) is 3.14. The van der Waals surface area contributed by atoms with Gasteiger partial charge in [0.25, 0.3) is 0 Å². The van der Waals surface area contributed by atoms with E-state index in [1.165, 1.54) is 0 Å². The van der Waals surface area contributed by atoms with Gasteiger partial charge < -0.3 is 5.32 Å². The van der Waals surface area contributed by atoms with Gasteiger partial charge in [-0.2, -0.15) is 0 Å². The molecule has 0 spiro atoms. The molecule has 2 nitrogen and oxygen atoms in total. The molecular weight excluding hydrogens is 198 g/mol. The first-order chi connectivity index (χ1) is 7.68. The Morgan fingerprint density at radius 1 is 1.31 bits per heavy atom. The van der Waals surface area contributed by atoms with Gasteiger partial charge in [-0.3, -0.25) is 4.79 Å². The predicted octanol–water partition coefficient (Wildman–Crippen LogP) is 2.75. The third-order valence-electron chi connectivity index (χ3n) is 2.97. The van der Waals surface area contributed by atoms with Gasteiger partial charge in [0.15, 0.2) is 5.78 Å². The molecule has 1 heterocycles. The molecule has 1 aliphatic rings. The van der Waals surface area contributed by atoms with Crippen molar-refractivity contribution in [2.24, 2.45) is 0 Å². The van der Waals surface area contributed by atoms with Crippen molar-refractivity contribution in [3.63, 3.8) is 0 Å². The van der Waals surface area contributed by atoms with Crippen LogP contribution in [0.4, 0.5) is 0 Å². The summed E-state index contributed by atoms with van der Waals surface area (Å²) in [6.07, 6.45) is 3.80. The van der Waals surface area contributed by atoms with Crippen LogP contribution in [0.2, 0.25) is 0 Å². The number of nitrogens with one attached hydrogen (secondary N) is 1. The topological polar surface area (TPSA) is 29.1 Å². The number of hydrogen-bond acceptors (Lipinski definition) is 2. The highest BCUT2D eigenvalue weighted by Gasteiger charge is 2.16. The van der Waals surface area contributed by atoms with Crippen LogP contribution < -0.4 is 5.32 Å². The first-order valence-electron chi connectivity index (χ1n) is 5.73. The fraction of sp³-hybridized carbons (Fsp3) is 0.357. The van der Waals surface area contributed by atoms with E-state index in [1.807, 2.05) is 38.2 Å². The summed E-state index contributed by atoms with van der Waals surface area (Å²) < 4.78 is 0. The van der Waals surface area contributed by atoms with Crippen molar-refractivity contribution < 1.29 is 4.79 Å². The Balaban J connectivity index is 2.33. The third kappa shape index (κ3) is 2.16. The van der Waals surface area contributed by atoms with Crippen molar-refractivity contribution >= 4 is 5.78 Å². The molecule has 1 aromatic carbocycles. The number of ketones is 1. The van der Waals surface area contributed by atoms with E-state index in [2.05, 4.69) is 5.32 Å². The Labute approximate surface area is 96.4 Å². The van der Waals surface area contributed by atoms with Gasteiger partial charge in [-0.1, -0.05) is 17.7 Å². The average Bonchev–Trinajstić information content (AvgIpc) is 2.32. The molecule has 0 aromatic heterocycles. The van der Waals surface area contributed by atoms with E-state index in [1.54, 1.807) is 0 Å². The lowest BCUT2D eigenvalue weighted by Crippen LogP contribution is -2.18. The highest BCUT2D eigenvalue weighted by atomic mass is 16.1. The fourth-order valence-corrected chi connectivity index (χ4v) is 1.98. The molecule has 84 valence electrons. The Kier molecular flexibility index (Phi) is 3.09. The second kappa shape index (κ2) is 4.52. The molecule has 0 amide bonds. The minimum atomic E-state index is 0.174. The van der Waals surface area contributed by atoms with Crippen LogP contribution in [-0.2, 0) is 0 Å². The minimum absolute atomic E-state index is 0.174. The number of benzene rings is 1. The summed E-state index contributed by atoms with van der Waals surface area (Å²) in [5.41, 5.74) is 3.94. The first kappa shape index (κ1) is 10.9. The zero-order chi connectivity index (χ0) is 11.5. The highest BCUT2D eigenvalue weighted by molar-refractivity contribution is 6.09. The zero-order valence-electron chi connectivity index (χ0n) is 9.84. The predicted molar refractivity (Wildman–Crippen MR) is 65.6 cm³/mol. The van der Waals surface area contributed by atoms with Gasteiger partial charge in [0.1, 0.15) is 0 Å². The Bertz CT molecular complexity index is 446. The van der Waals surface area contributed by atoms with E-state index < -0.39 is 0 Å². The maximum absolute atomic E-state index is 12.3. The Morgan fingerprint density at radius 3 is 2.81 bits per heavy atom. The molecule has 1 aromatic rings. The van der Waals surface area contributed by atoms with Crippen molar-refractivity contribution in [2.45, 2.75) is 26.7 Å². The van der Waals surface area contributed by atoms with Crippen molar-refractivity contribution in [1.82, 2.24) is 5.32 Å². The number of carbonyl (C=O) groups is 1. The lowest BCUT2D eigenvalue weighted by molar-refractivity contribution is 0.102. The van der Waals surface area contributed by atoms with E-state index in [9.17, 15) is 4.79 Å². The Hall–Kier alpha value is -1.57. The summed E-state index contributed by atoms with van der Waals surface area (Å²) in [4.78, 5) is 12.3. The van der Waals surface area contributed by atoms with Crippen molar-refractivity contribution in [1.29, 1.82) is 0 Å². The minimum Gasteiger partial charge on any atom is -0.391 e. The lowest BCUT2D eigenvalue weighted by Gasteiger charge is -2.14. The van der Waals surface area contributed by atoms with Crippen molar-refractivity contribution in [3.8, 4) is 0 Å². The van der Waals surface area contributed by atoms with Crippen LogP contribution in [0, 0.1) is 13.8 Å². The van der Waals surface area contributed by atoms with Crippen LogP contribution in [-0.4, -0.2) is 12.3 Å². The molecular formula is C14H17NO. The number of allylic oxidation sites excluding steroid dienone is 1. The normalized spacial score (nSPS) is 15.2. The number of hydrogen-bond donors (Lipinski definition) is 1. The SMILES string of the molecule is Cc1ccc(C)c(C(=O)C2=CNCCC2)c1. The van der Waals surface area contributed by atoms with Gasteiger partial charge >= 0.3 is 0 Å². The van der Waals surface area contributed by atoms with E-state index in [-0.39, 0.29) is 5.78 Å². The maximum Gasteiger partial charge on any atom is 0.190 e. The van der Waals surface area contributed by atoms with Crippen LogP contribution in [0.3, 0.4) is 0 Å². The maximum atomic E-state index is 12.3. The van der Waals surface area contributed by atoms with Crippen molar-refractivity contribution in [3.05, 3.63) is 46.7 Å². The average molecular weight is 215 g/mol. The summed E-state index contributed by atoms with van der Waals surface area (Å²) in [6, 6.07) is 6.03. The van der Waals surface area contributed by atoms with Gasteiger partial charge in [-0.15, -0.1) is 0 Å². The summed E-state index contributed by atoms with van der Waals surface area (Å²) >= 11 is 0. The van der Waals surface area contributed by atoms with Gasteiger partial charge in [0, 0.05) is 23.9 Å². The van der Waals surface area contributed by atoms with E-state index >= 15 is 0 Å². The fourth-order valence-electron chi connectivity index (χ4n) is 1.98. The van der Waals surface area contributed by atoms with Gasteiger partial charge in [-0.05, 0) is 38.3 Å². The molecule has 0 bridgehead atoms. The quantitative estimate of drug-likeness (QED) is 0.768. The Morgan fingerprint density at radius 2 is 2.12 bits per heavy atom. The van der Waals surface area contributed by atoms with Gasteiger partial charge in [0.2, 0.25) is 0 Å². The molecule has 0 radical (unpaired) electrons. The van der Waals surface area contributed by atoms with E-state index in [4.69, 9.17) is 0 Å². The largest absolute Gasteiger partial charge is 0.391 e. The summed E-state index contributed by atoms with van der Waals surface area (Å²) in [7, 11) is 0. The smallest absolute Gasteiger partial charge is 0.190 e. The van der Waals surface area contributed by atoms with E-state index in [0.29, 0.717) is 0 Å². The van der Waals surface area contributed by atoms with Crippen LogP contribution in [0.25, 0.3) is 0 Å². The molecule has 0 atom stereocenters. The number of Topliss-reactive ketones (excluding diaryl/α,β-unsaturated/α-hetero) is 1. The molecule has 0 fully saturated rings. The van der Waals surface area contributed by atoms with Crippen LogP contribution in [0.15, 0.2) is 30.0 Å². The molecule has 0 unspecified atom stereocenters. The highest BCUT2D eigenvalue weighted by Crippen LogP contribution is 2.19. The monoisotopic (exact) mass is 215 g/mol. The first-order valence-corrected chi connectivity index (χ1v) is 5.73. The lowest BCUT2D eigenvalue weighted by atomic mass is 9.94. The van der Waals surface area contributed by atoms with Crippen LogP contribution in [0.1, 0.15) is 34.3 Å². The second-order valence-electron chi connectivity index (χ2n) is 4.37. The standard InChI is InChI=1S/C14H17NO/c1-10-5-6-11(2)13(8-10)14(16)12-4-3-7-15-9-12/h5-6,8-9,15H,3-4,7H2,1-2H3. The third-order valence-corrected chi connectivity index (χ3v) is 2.97. The van der Waals surface area contributed by atoms with Gasteiger partial charge in [-0.25, -0.2) is 0 Å². The number of aryl methyl sites for hydroxylation is 2. The molecule has 2 rings (SSSR count).